The molecule has 0 spiro atoms. The van der Waals surface area contributed by atoms with Gasteiger partial charge in [-0.25, -0.2) is 0 Å². The van der Waals surface area contributed by atoms with Crippen molar-refractivity contribution in [2.24, 2.45) is 0 Å². The molecule has 1 rings (SSSR count). The van der Waals surface area contributed by atoms with Crippen LogP contribution in [0.5, 0.6) is 0 Å². The summed E-state index contributed by atoms with van der Waals surface area (Å²) in [6.45, 7) is 3.67. The van der Waals surface area contributed by atoms with Gasteiger partial charge >= 0.3 is 0 Å². The van der Waals surface area contributed by atoms with Crippen LogP contribution >= 0.6 is 27.3 Å². The smallest absolute Gasteiger partial charge is 0.0514 e. The zero-order chi connectivity index (χ0) is 8.10. The van der Waals surface area contributed by atoms with Gasteiger partial charge in [0.25, 0.3) is 0 Å². The number of hydrogen-bond donors (Lipinski definition) is 0. The van der Waals surface area contributed by atoms with E-state index in [0.29, 0.717) is 0 Å². The lowest BCUT2D eigenvalue weighted by Gasteiger charge is -1.96. The maximum atomic E-state index is 5.24. The third-order valence-electron chi connectivity index (χ3n) is 1.32. The van der Waals surface area contributed by atoms with Crippen molar-refractivity contribution >= 4 is 27.3 Å². The number of halogens is 1. The van der Waals surface area contributed by atoms with Crippen LogP contribution in [0.1, 0.15) is 11.8 Å². The summed E-state index contributed by atoms with van der Waals surface area (Å²) >= 11 is 5.18. The maximum absolute atomic E-state index is 5.24. The molecule has 0 atom stereocenters. The molecule has 62 valence electrons. The van der Waals surface area contributed by atoms with Crippen molar-refractivity contribution in [2.45, 2.75) is 13.3 Å². The van der Waals surface area contributed by atoms with Crippen molar-refractivity contribution in [1.29, 1.82) is 0 Å². The Morgan fingerprint density at radius 2 is 2.45 bits per heavy atom. The van der Waals surface area contributed by atoms with Crippen molar-refractivity contribution in [1.82, 2.24) is 0 Å². The van der Waals surface area contributed by atoms with Crippen molar-refractivity contribution in [3.8, 4) is 0 Å². The molecule has 1 nitrogen and oxygen atoms in total. The second-order valence-corrected chi connectivity index (χ2v) is 4.09. The summed E-state index contributed by atoms with van der Waals surface area (Å²) < 4.78 is 6.41. The van der Waals surface area contributed by atoms with E-state index in [4.69, 9.17) is 4.74 Å². The highest BCUT2D eigenvalue weighted by Crippen LogP contribution is 2.19. The standard InChI is InChI=1S/C8H11BrOS/c1-2-10-4-3-8-5-7(9)6-11-8/h5-6H,2-4H2,1H3. The van der Waals surface area contributed by atoms with Crippen LogP contribution in [0.2, 0.25) is 0 Å². The second-order valence-electron chi connectivity index (χ2n) is 2.18. The highest BCUT2D eigenvalue weighted by molar-refractivity contribution is 9.10. The molecule has 0 aliphatic carbocycles. The van der Waals surface area contributed by atoms with E-state index in [1.165, 1.54) is 9.35 Å². The Bertz CT molecular complexity index is 210. The average molecular weight is 235 g/mol. The lowest BCUT2D eigenvalue weighted by Crippen LogP contribution is -1.95. The minimum absolute atomic E-state index is 0.812. The van der Waals surface area contributed by atoms with Crippen molar-refractivity contribution in [3.05, 3.63) is 20.8 Å². The molecule has 1 heterocycles. The molecule has 0 aliphatic heterocycles. The topological polar surface area (TPSA) is 9.23 Å². The molecule has 1 aromatic heterocycles. The van der Waals surface area contributed by atoms with Crippen molar-refractivity contribution < 1.29 is 4.74 Å². The fourth-order valence-electron chi connectivity index (χ4n) is 0.802. The summed E-state index contributed by atoms with van der Waals surface area (Å²) in [6.07, 6.45) is 1.03. The Balaban J connectivity index is 2.27. The summed E-state index contributed by atoms with van der Waals surface area (Å²) in [6, 6.07) is 2.14. The number of thiophene rings is 1. The number of ether oxygens (including phenoxy) is 1. The molecule has 1 aromatic rings. The average Bonchev–Trinajstić information content (AvgIpc) is 2.37. The van der Waals surface area contributed by atoms with Crippen molar-refractivity contribution in [2.75, 3.05) is 13.2 Å². The first-order valence-corrected chi connectivity index (χ1v) is 5.31. The van der Waals surface area contributed by atoms with E-state index in [1.807, 2.05) is 6.92 Å². The first-order chi connectivity index (χ1) is 5.33. The Morgan fingerprint density at radius 3 is 3.00 bits per heavy atom. The van der Waals surface area contributed by atoms with Crippen LogP contribution in [0.3, 0.4) is 0 Å². The molecule has 0 bridgehead atoms. The number of rotatable bonds is 4. The predicted molar refractivity (Wildman–Crippen MR) is 52.2 cm³/mol. The van der Waals surface area contributed by atoms with Crippen LogP contribution in [0.25, 0.3) is 0 Å². The summed E-state index contributed by atoms with van der Waals surface area (Å²) in [5, 5.41) is 2.10. The van der Waals surface area contributed by atoms with Gasteiger partial charge in [-0.1, -0.05) is 0 Å². The molecule has 11 heavy (non-hydrogen) atoms. The van der Waals surface area contributed by atoms with E-state index < -0.39 is 0 Å². The molecule has 0 unspecified atom stereocenters. The predicted octanol–water partition coefficient (Wildman–Crippen LogP) is 3.09. The third-order valence-corrected chi connectivity index (χ3v) is 3.08. The lowest BCUT2D eigenvalue weighted by atomic mass is 10.4. The molecule has 0 fully saturated rings. The fourth-order valence-corrected chi connectivity index (χ4v) is 2.24. The Labute approximate surface area is 79.5 Å². The van der Waals surface area contributed by atoms with Gasteiger partial charge in [0, 0.05) is 27.8 Å². The molecule has 3 heteroatoms. The van der Waals surface area contributed by atoms with Crippen molar-refractivity contribution in [3.63, 3.8) is 0 Å². The summed E-state index contributed by atoms with van der Waals surface area (Å²) in [4.78, 5) is 1.38. The van der Waals surface area contributed by atoms with Crippen LogP contribution in [-0.4, -0.2) is 13.2 Å². The maximum Gasteiger partial charge on any atom is 0.0514 e. The quantitative estimate of drug-likeness (QED) is 0.728. The molecule has 0 aromatic carbocycles. The summed E-state index contributed by atoms with van der Waals surface area (Å²) in [5.41, 5.74) is 0. The SMILES string of the molecule is CCOCCc1cc(Br)cs1. The first kappa shape index (κ1) is 9.23. The molecular weight excluding hydrogens is 224 g/mol. The molecule has 0 saturated carbocycles. The number of hydrogen-bond acceptors (Lipinski definition) is 2. The van der Waals surface area contributed by atoms with Gasteiger partial charge in [-0.3, -0.25) is 0 Å². The molecular formula is C8H11BrOS. The summed E-state index contributed by atoms with van der Waals surface area (Å²) in [5.74, 6) is 0. The largest absolute Gasteiger partial charge is 0.381 e. The molecule has 0 amide bonds. The van der Waals surface area contributed by atoms with E-state index in [0.717, 1.165) is 19.6 Å². The van der Waals surface area contributed by atoms with Crippen LogP contribution in [-0.2, 0) is 11.2 Å². The lowest BCUT2D eigenvalue weighted by molar-refractivity contribution is 0.151. The third kappa shape index (κ3) is 3.36. The minimum Gasteiger partial charge on any atom is -0.381 e. The molecule has 0 N–H and O–H groups in total. The van der Waals surface area contributed by atoms with Crippen LogP contribution in [0, 0.1) is 0 Å². The van der Waals surface area contributed by atoms with Gasteiger partial charge in [0.15, 0.2) is 0 Å². The van der Waals surface area contributed by atoms with E-state index >= 15 is 0 Å². The zero-order valence-electron chi connectivity index (χ0n) is 6.47. The second kappa shape index (κ2) is 4.91. The van der Waals surface area contributed by atoms with Gasteiger partial charge in [0.1, 0.15) is 0 Å². The van der Waals surface area contributed by atoms with E-state index in [1.54, 1.807) is 11.3 Å². The Morgan fingerprint density at radius 1 is 1.64 bits per heavy atom. The van der Waals surface area contributed by atoms with Gasteiger partial charge in [-0.2, -0.15) is 0 Å². The van der Waals surface area contributed by atoms with E-state index in [2.05, 4.69) is 27.4 Å². The van der Waals surface area contributed by atoms with Crippen LogP contribution in [0.4, 0.5) is 0 Å². The molecule has 0 saturated heterocycles. The normalized spacial score (nSPS) is 10.4. The van der Waals surface area contributed by atoms with Crippen LogP contribution < -0.4 is 0 Å². The van der Waals surface area contributed by atoms with Crippen LogP contribution in [0.15, 0.2) is 15.9 Å². The fraction of sp³-hybridized carbons (Fsp3) is 0.500. The highest BCUT2D eigenvalue weighted by Gasteiger charge is 1.96. The zero-order valence-corrected chi connectivity index (χ0v) is 8.87. The van der Waals surface area contributed by atoms with Gasteiger partial charge in [0.05, 0.1) is 6.61 Å². The van der Waals surface area contributed by atoms with Gasteiger partial charge < -0.3 is 4.74 Å². The monoisotopic (exact) mass is 234 g/mol. The molecule has 0 aliphatic rings. The minimum atomic E-state index is 0.812. The Hall–Kier alpha value is 0.140. The van der Waals surface area contributed by atoms with Gasteiger partial charge in [-0.05, 0) is 28.9 Å². The Kier molecular flexibility index (Phi) is 4.12. The highest BCUT2D eigenvalue weighted by atomic mass is 79.9. The molecule has 0 radical (unpaired) electrons. The van der Waals surface area contributed by atoms with E-state index in [9.17, 15) is 0 Å². The first-order valence-electron chi connectivity index (χ1n) is 3.63. The van der Waals surface area contributed by atoms with E-state index in [-0.39, 0.29) is 0 Å². The van der Waals surface area contributed by atoms with Gasteiger partial charge in [-0.15, -0.1) is 11.3 Å². The summed E-state index contributed by atoms with van der Waals surface area (Å²) in [7, 11) is 0. The van der Waals surface area contributed by atoms with Gasteiger partial charge in [0.2, 0.25) is 0 Å².